The van der Waals surface area contributed by atoms with Crippen LogP contribution in [-0.4, -0.2) is 23.6 Å². The van der Waals surface area contributed by atoms with E-state index in [4.69, 9.17) is 17.3 Å². The number of phenols is 1. The maximum atomic E-state index is 11.5. The molecule has 3 N–H and O–H groups in total. The first kappa shape index (κ1) is 12.6. The monoisotopic (exact) mass is 296 g/mol. The number of urea groups is 1. The van der Waals surface area contributed by atoms with Gasteiger partial charge in [-0.2, -0.15) is 0 Å². The fourth-order valence-electron chi connectivity index (χ4n) is 2.75. The first-order chi connectivity index (χ1) is 9.04. The van der Waals surface area contributed by atoms with Crippen molar-refractivity contribution in [3.63, 3.8) is 0 Å². The SMILES string of the molecule is Cc1csc2c(O)cc3c(c12)[C@@H](CCl)CN3C(N)=O. The molecule has 2 amide bonds. The van der Waals surface area contributed by atoms with Crippen LogP contribution in [0, 0.1) is 6.92 Å². The minimum Gasteiger partial charge on any atom is -0.506 e. The highest BCUT2D eigenvalue weighted by Crippen LogP contribution is 2.47. The van der Waals surface area contributed by atoms with Gasteiger partial charge in [-0.1, -0.05) is 0 Å². The van der Waals surface area contributed by atoms with E-state index in [1.807, 2.05) is 12.3 Å². The van der Waals surface area contributed by atoms with Gasteiger partial charge in [-0.25, -0.2) is 4.79 Å². The second kappa shape index (κ2) is 4.28. The minimum absolute atomic E-state index is 0.0561. The normalized spacial score (nSPS) is 18.0. The van der Waals surface area contributed by atoms with Crippen LogP contribution in [0.4, 0.5) is 10.5 Å². The molecule has 0 bridgehead atoms. The van der Waals surface area contributed by atoms with Gasteiger partial charge in [0.1, 0.15) is 5.75 Å². The Balaban J connectivity index is 2.37. The van der Waals surface area contributed by atoms with Crippen LogP contribution in [0.2, 0.25) is 0 Å². The van der Waals surface area contributed by atoms with Crippen LogP contribution in [0.25, 0.3) is 10.1 Å². The number of hydrogen-bond acceptors (Lipinski definition) is 3. The number of benzene rings is 1. The average molecular weight is 297 g/mol. The van der Waals surface area contributed by atoms with Crippen molar-refractivity contribution in [2.75, 3.05) is 17.3 Å². The van der Waals surface area contributed by atoms with Gasteiger partial charge in [0.25, 0.3) is 0 Å². The van der Waals surface area contributed by atoms with E-state index < -0.39 is 6.03 Å². The van der Waals surface area contributed by atoms with Gasteiger partial charge >= 0.3 is 6.03 Å². The molecule has 1 aromatic carbocycles. The van der Waals surface area contributed by atoms with E-state index in [0.29, 0.717) is 18.1 Å². The number of hydrogen-bond donors (Lipinski definition) is 2. The summed E-state index contributed by atoms with van der Waals surface area (Å²) in [5.74, 6) is 0.667. The number of phenolic OH excluding ortho intramolecular Hbond substituents is 1. The first-order valence-corrected chi connectivity index (χ1v) is 7.32. The molecule has 0 fully saturated rings. The van der Waals surface area contributed by atoms with Crippen molar-refractivity contribution < 1.29 is 9.90 Å². The van der Waals surface area contributed by atoms with Crippen LogP contribution >= 0.6 is 22.9 Å². The number of halogens is 1. The summed E-state index contributed by atoms with van der Waals surface area (Å²) < 4.78 is 0.845. The van der Waals surface area contributed by atoms with Gasteiger partial charge in [0.15, 0.2) is 0 Å². The van der Waals surface area contributed by atoms with E-state index in [1.165, 1.54) is 16.2 Å². The van der Waals surface area contributed by atoms with E-state index in [-0.39, 0.29) is 11.7 Å². The first-order valence-electron chi connectivity index (χ1n) is 5.91. The van der Waals surface area contributed by atoms with Crippen LogP contribution < -0.4 is 10.6 Å². The van der Waals surface area contributed by atoms with Gasteiger partial charge in [0.2, 0.25) is 0 Å². The molecule has 1 atom stereocenters. The molecule has 0 unspecified atom stereocenters. The van der Waals surface area contributed by atoms with E-state index in [9.17, 15) is 9.90 Å². The Morgan fingerprint density at radius 1 is 1.68 bits per heavy atom. The van der Waals surface area contributed by atoms with E-state index >= 15 is 0 Å². The molecule has 100 valence electrons. The Bertz CT molecular complexity index is 683. The molecule has 1 aromatic heterocycles. The Morgan fingerprint density at radius 2 is 2.42 bits per heavy atom. The highest BCUT2D eigenvalue weighted by molar-refractivity contribution is 7.17. The summed E-state index contributed by atoms with van der Waals surface area (Å²) in [5.41, 5.74) is 8.21. The van der Waals surface area contributed by atoms with Crippen molar-refractivity contribution in [1.29, 1.82) is 0 Å². The summed E-state index contributed by atoms with van der Waals surface area (Å²) in [6.07, 6.45) is 0. The lowest BCUT2D eigenvalue weighted by Gasteiger charge is -2.14. The summed E-state index contributed by atoms with van der Waals surface area (Å²) in [6.45, 7) is 2.47. The molecule has 0 saturated carbocycles. The summed E-state index contributed by atoms with van der Waals surface area (Å²) in [7, 11) is 0. The molecule has 3 rings (SSSR count). The maximum Gasteiger partial charge on any atom is 0.319 e. The number of rotatable bonds is 1. The van der Waals surface area contributed by atoms with Gasteiger partial charge < -0.3 is 10.8 Å². The van der Waals surface area contributed by atoms with Crippen LogP contribution in [0.1, 0.15) is 17.0 Å². The van der Waals surface area contributed by atoms with Gasteiger partial charge in [-0.15, -0.1) is 22.9 Å². The van der Waals surface area contributed by atoms with Crippen molar-refractivity contribution in [1.82, 2.24) is 0 Å². The average Bonchev–Trinajstić information content (AvgIpc) is 2.90. The van der Waals surface area contributed by atoms with Crippen LogP contribution in [0.3, 0.4) is 0 Å². The number of thiophene rings is 1. The Labute approximate surface area is 119 Å². The summed E-state index contributed by atoms with van der Waals surface area (Å²) >= 11 is 7.53. The van der Waals surface area contributed by atoms with Gasteiger partial charge in [-0.3, -0.25) is 4.90 Å². The number of anilines is 1. The number of fused-ring (bicyclic) bond motifs is 3. The van der Waals surface area contributed by atoms with Crippen LogP contribution in [0.15, 0.2) is 11.4 Å². The second-order valence-electron chi connectivity index (χ2n) is 4.75. The quantitative estimate of drug-likeness (QED) is 0.794. The Kier molecular flexibility index (Phi) is 2.83. The molecular weight excluding hydrogens is 284 g/mol. The zero-order valence-electron chi connectivity index (χ0n) is 10.3. The van der Waals surface area contributed by atoms with Crippen molar-refractivity contribution in [2.45, 2.75) is 12.8 Å². The molecule has 0 aliphatic carbocycles. The number of alkyl halides is 1. The molecule has 0 saturated heterocycles. The lowest BCUT2D eigenvalue weighted by molar-refractivity contribution is 0.254. The van der Waals surface area contributed by atoms with E-state index in [0.717, 1.165) is 21.2 Å². The smallest absolute Gasteiger partial charge is 0.319 e. The predicted octanol–water partition coefficient (Wildman–Crippen LogP) is 3.14. The highest BCUT2D eigenvalue weighted by atomic mass is 35.5. The van der Waals surface area contributed by atoms with Crippen LogP contribution in [0.5, 0.6) is 5.75 Å². The number of nitrogens with zero attached hydrogens (tertiary/aromatic N) is 1. The molecule has 2 aromatic rings. The zero-order valence-corrected chi connectivity index (χ0v) is 11.9. The third-order valence-corrected chi connectivity index (χ3v) is 5.07. The Morgan fingerprint density at radius 3 is 3.05 bits per heavy atom. The topological polar surface area (TPSA) is 66.6 Å². The second-order valence-corrected chi connectivity index (χ2v) is 5.94. The molecule has 4 nitrogen and oxygen atoms in total. The number of carbonyl (C=O) groups is 1. The number of carbonyl (C=O) groups excluding carboxylic acids is 1. The van der Waals surface area contributed by atoms with E-state index in [1.54, 1.807) is 6.07 Å². The lowest BCUT2D eigenvalue weighted by atomic mass is 9.97. The maximum absolute atomic E-state index is 11.5. The third-order valence-electron chi connectivity index (χ3n) is 3.58. The van der Waals surface area contributed by atoms with Crippen molar-refractivity contribution in [3.05, 3.63) is 22.6 Å². The van der Waals surface area contributed by atoms with Gasteiger partial charge in [0.05, 0.1) is 10.4 Å². The fourth-order valence-corrected chi connectivity index (χ4v) is 3.98. The standard InChI is InChI=1S/C13H13ClN2O2S/c1-6-5-19-12-9(17)2-8-11(10(6)12)7(3-14)4-16(8)13(15)18/h2,5,7,17H,3-4H2,1H3,(H2,15,18)/t7-/m0/s1. The zero-order chi connectivity index (χ0) is 13.7. The van der Waals surface area contributed by atoms with Crippen molar-refractivity contribution in [3.8, 4) is 5.75 Å². The lowest BCUT2D eigenvalue weighted by Crippen LogP contribution is -2.34. The minimum atomic E-state index is -0.513. The van der Waals surface area contributed by atoms with Crippen molar-refractivity contribution >= 4 is 44.7 Å². The molecule has 6 heteroatoms. The summed E-state index contributed by atoms with van der Waals surface area (Å²) in [6, 6.07) is 1.10. The number of nitrogens with two attached hydrogens (primary N) is 1. The van der Waals surface area contributed by atoms with Gasteiger partial charge in [-0.05, 0) is 23.4 Å². The molecule has 1 aliphatic rings. The largest absolute Gasteiger partial charge is 0.506 e. The molecule has 0 radical (unpaired) electrons. The van der Waals surface area contributed by atoms with Crippen molar-refractivity contribution in [2.24, 2.45) is 5.73 Å². The molecule has 0 spiro atoms. The predicted molar refractivity (Wildman–Crippen MR) is 78.6 cm³/mol. The highest BCUT2D eigenvalue weighted by Gasteiger charge is 2.34. The Hall–Kier alpha value is -1.46. The fraction of sp³-hybridized carbons (Fsp3) is 0.308. The van der Waals surface area contributed by atoms with Crippen LogP contribution in [-0.2, 0) is 0 Å². The van der Waals surface area contributed by atoms with Gasteiger partial charge in [0, 0.05) is 29.8 Å². The molecule has 19 heavy (non-hydrogen) atoms. The van der Waals surface area contributed by atoms with E-state index in [2.05, 4.69) is 0 Å². The number of aryl methyl sites for hydroxylation is 1. The summed E-state index contributed by atoms with van der Waals surface area (Å²) in [5, 5.41) is 13.1. The summed E-state index contributed by atoms with van der Waals surface area (Å²) in [4.78, 5) is 13.0. The number of aromatic hydroxyl groups is 1. The number of amides is 2. The third kappa shape index (κ3) is 1.69. The molecule has 1 aliphatic heterocycles. The number of primary amides is 1. The molecule has 2 heterocycles. The molecular formula is C13H13ClN2O2S.